The van der Waals surface area contributed by atoms with Crippen molar-refractivity contribution in [2.45, 2.75) is 46.2 Å². The Kier molecular flexibility index (Phi) is 5.28. The molecule has 5 heteroatoms. The first kappa shape index (κ1) is 16.4. The summed E-state index contributed by atoms with van der Waals surface area (Å²) in [5.41, 5.74) is 2.41. The predicted octanol–water partition coefficient (Wildman–Crippen LogP) is 3.76. The van der Waals surface area contributed by atoms with Crippen molar-refractivity contribution in [3.63, 3.8) is 0 Å². The van der Waals surface area contributed by atoms with E-state index in [0.29, 0.717) is 5.78 Å². The Labute approximate surface area is 142 Å². The van der Waals surface area contributed by atoms with Gasteiger partial charge in [-0.05, 0) is 44.2 Å². The monoisotopic (exact) mass is 331 g/mol. The minimum absolute atomic E-state index is 0.147. The van der Waals surface area contributed by atoms with E-state index >= 15 is 0 Å². The molecule has 0 aliphatic carbocycles. The summed E-state index contributed by atoms with van der Waals surface area (Å²) in [7, 11) is 0. The first-order chi connectivity index (χ1) is 11.2. The molecule has 23 heavy (non-hydrogen) atoms. The fourth-order valence-electron chi connectivity index (χ4n) is 3.33. The second-order valence-corrected chi connectivity index (χ2v) is 7.37. The standard InChI is InChI=1S/C18H25N3OS/c1-3-8-21-13-16(14(2)19-21)12-20-9-4-6-15(11-20)18(22)17-7-5-10-23-17/h5,7,10,13,15H,3-4,6,8-9,11-12H2,1-2H3. The zero-order valence-corrected chi connectivity index (χ0v) is 14.8. The number of hydrogen-bond donors (Lipinski definition) is 0. The van der Waals surface area contributed by atoms with Crippen molar-refractivity contribution in [2.75, 3.05) is 13.1 Å². The number of aryl methyl sites for hydroxylation is 2. The van der Waals surface area contributed by atoms with Crippen molar-refractivity contribution in [3.05, 3.63) is 39.8 Å². The quantitative estimate of drug-likeness (QED) is 0.757. The van der Waals surface area contributed by atoms with E-state index in [9.17, 15) is 4.79 Å². The van der Waals surface area contributed by atoms with Crippen LogP contribution in [0.5, 0.6) is 0 Å². The zero-order chi connectivity index (χ0) is 16.2. The number of thiophene rings is 1. The maximum Gasteiger partial charge on any atom is 0.177 e. The number of ketones is 1. The summed E-state index contributed by atoms with van der Waals surface area (Å²) < 4.78 is 2.04. The van der Waals surface area contributed by atoms with Crippen molar-refractivity contribution in [1.82, 2.24) is 14.7 Å². The minimum Gasteiger partial charge on any atom is -0.298 e. The fourth-order valence-corrected chi connectivity index (χ4v) is 4.08. The van der Waals surface area contributed by atoms with E-state index in [2.05, 4.69) is 30.0 Å². The Morgan fingerprint density at radius 2 is 2.35 bits per heavy atom. The molecule has 0 aromatic carbocycles. The molecule has 3 rings (SSSR count). The Morgan fingerprint density at radius 1 is 1.48 bits per heavy atom. The Balaban J connectivity index is 1.63. The predicted molar refractivity (Wildman–Crippen MR) is 93.9 cm³/mol. The van der Waals surface area contributed by atoms with Gasteiger partial charge in [0.05, 0.1) is 10.6 Å². The van der Waals surface area contributed by atoms with E-state index in [4.69, 9.17) is 0 Å². The van der Waals surface area contributed by atoms with Gasteiger partial charge in [-0.25, -0.2) is 0 Å². The lowest BCUT2D eigenvalue weighted by Gasteiger charge is -2.31. The van der Waals surface area contributed by atoms with Crippen molar-refractivity contribution in [1.29, 1.82) is 0 Å². The largest absolute Gasteiger partial charge is 0.298 e. The van der Waals surface area contributed by atoms with Crippen LogP contribution in [0, 0.1) is 12.8 Å². The average Bonchev–Trinajstić information content (AvgIpc) is 3.18. The van der Waals surface area contributed by atoms with Gasteiger partial charge in [0.1, 0.15) is 0 Å². The van der Waals surface area contributed by atoms with Crippen LogP contribution in [0.4, 0.5) is 0 Å². The Morgan fingerprint density at radius 3 is 3.09 bits per heavy atom. The van der Waals surface area contributed by atoms with Crippen molar-refractivity contribution >= 4 is 17.1 Å². The van der Waals surface area contributed by atoms with Crippen molar-refractivity contribution < 1.29 is 4.79 Å². The summed E-state index contributed by atoms with van der Waals surface area (Å²) in [6.07, 6.45) is 5.39. The Bertz CT molecular complexity index is 647. The molecule has 0 spiro atoms. The maximum absolute atomic E-state index is 12.6. The topological polar surface area (TPSA) is 38.1 Å². The second-order valence-electron chi connectivity index (χ2n) is 6.42. The van der Waals surface area contributed by atoms with Crippen molar-refractivity contribution in [3.8, 4) is 0 Å². The summed E-state index contributed by atoms with van der Waals surface area (Å²) >= 11 is 1.56. The minimum atomic E-state index is 0.147. The molecule has 1 aliphatic rings. The van der Waals surface area contributed by atoms with Gasteiger partial charge in [0.15, 0.2) is 5.78 Å². The van der Waals surface area contributed by atoms with E-state index < -0.39 is 0 Å². The van der Waals surface area contributed by atoms with Crippen LogP contribution in [0.1, 0.15) is 47.1 Å². The van der Waals surface area contributed by atoms with Gasteiger partial charge >= 0.3 is 0 Å². The van der Waals surface area contributed by atoms with Crippen LogP contribution >= 0.6 is 11.3 Å². The third-order valence-corrected chi connectivity index (χ3v) is 5.42. The van der Waals surface area contributed by atoms with Gasteiger partial charge in [0.2, 0.25) is 0 Å². The summed E-state index contributed by atoms with van der Waals surface area (Å²) in [6.45, 7) is 8.08. The molecular weight excluding hydrogens is 306 g/mol. The third-order valence-electron chi connectivity index (χ3n) is 4.54. The molecule has 124 valence electrons. The van der Waals surface area contributed by atoms with Gasteiger partial charge in [0, 0.05) is 37.3 Å². The number of carbonyl (C=O) groups excluding carboxylic acids is 1. The Hall–Kier alpha value is -1.46. The highest BCUT2D eigenvalue weighted by molar-refractivity contribution is 7.12. The van der Waals surface area contributed by atoms with Crippen LogP contribution in [0.15, 0.2) is 23.7 Å². The molecule has 0 amide bonds. The number of hydrogen-bond acceptors (Lipinski definition) is 4. The molecule has 1 aliphatic heterocycles. The molecule has 2 aromatic rings. The summed E-state index contributed by atoms with van der Waals surface area (Å²) in [4.78, 5) is 15.9. The normalized spacial score (nSPS) is 19.1. The molecule has 0 N–H and O–H groups in total. The highest BCUT2D eigenvalue weighted by atomic mass is 32.1. The summed E-state index contributed by atoms with van der Waals surface area (Å²) in [5.74, 6) is 0.469. The highest BCUT2D eigenvalue weighted by Gasteiger charge is 2.27. The number of likely N-dealkylation sites (tertiary alicyclic amines) is 1. The maximum atomic E-state index is 12.6. The smallest absolute Gasteiger partial charge is 0.177 e. The van der Waals surface area contributed by atoms with Gasteiger partial charge in [-0.15, -0.1) is 11.3 Å². The lowest BCUT2D eigenvalue weighted by molar-refractivity contribution is 0.0815. The zero-order valence-electron chi connectivity index (χ0n) is 14.0. The highest BCUT2D eigenvalue weighted by Crippen LogP contribution is 2.24. The molecule has 1 fully saturated rings. The number of nitrogens with zero attached hydrogens (tertiary/aromatic N) is 3. The van der Waals surface area contributed by atoms with Crippen molar-refractivity contribution in [2.24, 2.45) is 5.92 Å². The number of rotatable bonds is 6. The lowest BCUT2D eigenvalue weighted by atomic mass is 9.92. The molecule has 4 nitrogen and oxygen atoms in total. The molecule has 1 saturated heterocycles. The summed E-state index contributed by atoms with van der Waals surface area (Å²) in [5, 5.41) is 6.57. The van der Waals surface area contributed by atoms with E-state index in [-0.39, 0.29) is 5.92 Å². The molecule has 0 bridgehead atoms. The number of carbonyl (C=O) groups is 1. The summed E-state index contributed by atoms with van der Waals surface area (Å²) in [6, 6.07) is 3.91. The number of piperidine rings is 1. The third kappa shape index (κ3) is 3.90. The lowest BCUT2D eigenvalue weighted by Crippen LogP contribution is -2.38. The van der Waals surface area contributed by atoms with Crippen LogP contribution in [0.3, 0.4) is 0 Å². The van der Waals surface area contributed by atoms with Crippen LogP contribution in [0.25, 0.3) is 0 Å². The first-order valence-electron chi connectivity index (χ1n) is 8.50. The van der Waals surface area contributed by atoms with E-state index in [1.807, 2.05) is 22.2 Å². The van der Waals surface area contributed by atoms with Gasteiger partial charge in [0.25, 0.3) is 0 Å². The van der Waals surface area contributed by atoms with E-state index in [0.717, 1.165) is 56.0 Å². The van der Waals surface area contributed by atoms with Crippen LogP contribution in [-0.2, 0) is 13.1 Å². The molecule has 0 saturated carbocycles. The van der Waals surface area contributed by atoms with Gasteiger partial charge in [-0.2, -0.15) is 5.10 Å². The van der Waals surface area contributed by atoms with Gasteiger partial charge < -0.3 is 0 Å². The molecule has 3 heterocycles. The number of aromatic nitrogens is 2. The molecule has 1 unspecified atom stereocenters. The van der Waals surface area contributed by atoms with E-state index in [1.165, 1.54) is 5.56 Å². The fraction of sp³-hybridized carbons (Fsp3) is 0.556. The molecule has 1 atom stereocenters. The van der Waals surface area contributed by atoms with E-state index in [1.54, 1.807) is 11.3 Å². The SMILES string of the molecule is CCCn1cc(CN2CCCC(C(=O)c3cccs3)C2)c(C)n1. The molecule has 0 radical (unpaired) electrons. The molecular formula is C18H25N3OS. The van der Waals surface area contributed by atoms with Crippen LogP contribution in [0.2, 0.25) is 0 Å². The van der Waals surface area contributed by atoms with Gasteiger partial charge in [-0.3, -0.25) is 14.4 Å². The molecule has 2 aromatic heterocycles. The second kappa shape index (κ2) is 7.41. The average molecular weight is 331 g/mol. The number of Topliss-reactive ketones (excluding diaryl/α,β-unsaturated/α-hetero) is 1. The first-order valence-corrected chi connectivity index (χ1v) is 9.38. The van der Waals surface area contributed by atoms with Gasteiger partial charge in [-0.1, -0.05) is 13.0 Å². The van der Waals surface area contributed by atoms with Crippen LogP contribution < -0.4 is 0 Å². The van der Waals surface area contributed by atoms with Crippen LogP contribution in [-0.4, -0.2) is 33.6 Å².